The van der Waals surface area contributed by atoms with Crippen molar-refractivity contribution >= 4 is 86.5 Å². The molecular weight excluding hydrogens is 915 g/mol. The van der Waals surface area contributed by atoms with Crippen molar-refractivity contribution in [3.8, 4) is 0 Å². The van der Waals surface area contributed by atoms with Gasteiger partial charge in [0.1, 0.15) is 53.6 Å². The third-order valence-electron chi connectivity index (χ3n) is 8.42. The second-order valence-electron chi connectivity index (χ2n) is 14.2. The predicted molar refractivity (Wildman–Crippen MR) is 211 cm³/mol. The summed E-state index contributed by atoms with van der Waals surface area (Å²) in [6.07, 6.45) is -7.82. The number of anilines is 1. The van der Waals surface area contributed by atoms with E-state index in [-0.39, 0.29) is 60.9 Å². The number of nitrogens with two attached hydrogens (primary N) is 1. The van der Waals surface area contributed by atoms with E-state index in [1.807, 2.05) is 0 Å². The lowest BCUT2D eigenvalue weighted by atomic mass is 9.87. The Labute approximate surface area is 356 Å². The van der Waals surface area contributed by atoms with Crippen LogP contribution in [-0.2, 0) is 65.1 Å². The lowest BCUT2D eigenvalue weighted by molar-refractivity contribution is -0.137. The van der Waals surface area contributed by atoms with Gasteiger partial charge in [-0.2, -0.15) is 4.31 Å². The molecule has 7 unspecified atom stereocenters. The number of hydrogen-bond donors (Lipinski definition) is 9. The summed E-state index contributed by atoms with van der Waals surface area (Å²) in [6.45, 7) is 1.82. The number of aliphatic hydroxyl groups excluding tert-OH is 2. The lowest BCUT2D eigenvalue weighted by Gasteiger charge is -2.30. The first kappa shape index (κ1) is 52.9. The number of amides is 2. The highest BCUT2D eigenvalue weighted by molar-refractivity contribution is 8.13. The summed E-state index contributed by atoms with van der Waals surface area (Å²) in [7, 11) is -16.5. The number of Topliss-reactive ketones (excluding diaryl/α,β-unsaturated/α-hetero) is 3. The van der Waals surface area contributed by atoms with Crippen LogP contribution in [0.2, 0.25) is 0 Å². The number of thioether (sulfide) groups is 1. The summed E-state index contributed by atoms with van der Waals surface area (Å²) in [4.78, 5) is 123. The van der Waals surface area contributed by atoms with Crippen LogP contribution in [0.4, 0.5) is 5.82 Å². The largest absolute Gasteiger partial charge is 0.481 e. The molecule has 7 atom stereocenters. The third-order valence-corrected chi connectivity index (χ3v) is 12.4. The van der Waals surface area contributed by atoms with E-state index in [2.05, 4.69) is 34.4 Å². The molecular formula is C31H48N7O20P3S. The summed E-state index contributed by atoms with van der Waals surface area (Å²) in [5.74, 6) is -3.04. The van der Waals surface area contributed by atoms with Crippen molar-refractivity contribution in [1.82, 2.24) is 30.2 Å². The molecule has 2 aromatic rings. The Hall–Kier alpha value is -3.43. The van der Waals surface area contributed by atoms with Crippen LogP contribution >= 0.6 is 35.2 Å². The molecule has 0 bridgehead atoms. The van der Waals surface area contributed by atoms with Crippen molar-refractivity contribution < 1.29 is 94.9 Å². The Morgan fingerprint density at radius 2 is 1.58 bits per heavy atom. The minimum Gasteiger partial charge on any atom is -0.386 e. The standard InChI is InChI=1S/C31H48N7O20P3S/c1-4-5-17(39)10-18(40)11-19(41)12-22(43)62-9-8-33-21(42)6-7-34-29(46)26(45)31(2,3)14-55-61(52,53)58-60(50,51)54-13-20-25(57-59(47,48)49)24(44)30(56-20)38-16-37-23-27(32)35-15-36-28(23)38/h15-16,20,24-26,30,44-45H,4-14H2,1-3H3,(H,33,42)(H,34,46)(H,50,51)(H,52,53)(H2,32,35,36)(H2,47,48,49). The van der Waals surface area contributed by atoms with E-state index in [9.17, 15) is 72.2 Å². The first-order valence-electron chi connectivity index (χ1n) is 18.3. The number of carbonyl (C=O) groups is 6. The molecule has 1 saturated heterocycles. The van der Waals surface area contributed by atoms with Gasteiger partial charge in [-0.1, -0.05) is 32.5 Å². The number of aliphatic hydroxyl groups is 2. The second kappa shape index (κ2) is 23.0. The number of ketones is 3. The molecule has 1 aliphatic rings. The first-order valence-corrected chi connectivity index (χ1v) is 23.8. The number of imidazole rings is 1. The molecule has 62 heavy (non-hydrogen) atoms. The van der Waals surface area contributed by atoms with Crippen molar-refractivity contribution in [2.75, 3.05) is 37.8 Å². The number of fused-ring (bicyclic) bond motifs is 1. The van der Waals surface area contributed by atoms with Gasteiger partial charge in [-0.3, -0.25) is 46.9 Å². The smallest absolute Gasteiger partial charge is 0.386 e. The highest BCUT2D eigenvalue weighted by atomic mass is 32.2. The van der Waals surface area contributed by atoms with Gasteiger partial charge in [0.25, 0.3) is 0 Å². The number of aromatic nitrogens is 4. The van der Waals surface area contributed by atoms with Gasteiger partial charge < -0.3 is 50.9 Å². The monoisotopic (exact) mass is 963 g/mol. The Morgan fingerprint density at radius 1 is 0.935 bits per heavy atom. The molecule has 3 rings (SSSR count). The number of phosphoric ester groups is 3. The van der Waals surface area contributed by atoms with Gasteiger partial charge in [-0.25, -0.2) is 28.6 Å². The minimum atomic E-state index is -5.61. The molecule has 1 aliphatic heterocycles. The van der Waals surface area contributed by atoms with E-state index in [0.717, 1.165) is 29.0 Å². The maximum Gasteiger partial charge on any atom is 0.481 e. The number of nitrogen functional groups attached to an aromatic ring is 1. The molecule has 27 nitrogen and oxygen atoms in total. The fourth-order valence-corrected chi connectivity index (χ4v) is 8.96. The van der Waals surface area contributed by atoms with E-state index in [0.29, 0.717) is 6.42 Å². The Kier molecular flexibility index (Phi) is 19.6. The van der Waals surface area contributed by atoms with Gasteiger partial charge in [0, 0.05) is 37.1 Å². The van der Waals surface area contributed by atoms with Crippen LogP contribution in [0.25, 0.3) is 11.2 Å². The molecule has 1 fully saturated rings. The van der Waals surface area contributed by atoms with Gasteiger partial charge in [0.15, 0.2) is 22.8 Å². The molecule has 0 aromatic carbocycles. The molecule has 348 valence electrons. The third kappa shape index (κ3) is 16.9. The summed E-state index contributed by atoms with van der Waals surface area (Å²) in [5.41, 5.74) is 4.17. The molecule has 2 amide bonds. The molecule has 0 radical (unpaired) electrons. The number of nitrogens with one attached hydrogen (secondary N) is 2. The summed E-state index contributed by atoms with van der Waals surface area (Å²) in [5, 5.41) is 25.7. The zero-order valence-corrected chi connectivity index (χ0v) is 36.8. The summed E-state index contributed by atoms with van der Waals surface area (Å²) >= 11 is 0.749. The zero-order chi connectivity index (χ0) is 46.6. The zero-order valence-electron chi connectivity index (χ0n) is 33.3. The van der Waals surface area contributed by atoms with Crippen molar-refractivity contribution in [3.05, 3.63) is 12.7 Å². The van der Waals surface area contributed by atoms with Crippen LogP contribution in [-0.4, -0.2) is 140 Å². The molecule has 0 spiro atoms. The maximum atomic E-state index is 12.7. The van der Waals surface area contributed by atoms with Crippen LogP contribution in [0.1, 0.15) is 65.5 Å². The Bertz CT molecular complexity index is 2100. The average Bonchev–Trinajstić information content (AvgIpc) is 3.71. The maximum absolute atomic E-state index is 12.7. The first-order chi connectivity index (χ1) is 28.7. The fraction of sp³-hybridized carbons (Fsp3) is 0.645. The minimum absolute atomic E-state index is 0.00373. The van der Waals surface area contributed by atoms with Crippen LogP contribution in [0.3, 0.4) is 0 Å². The van der Waals surface area contributed by atoms with E-state index in [4.69, 9.17) is 19.5 Å². The Balaban J connectivity index is 1.42. The summed E-state index contributed by atoms with van der Waals surface area (Å²) in [6, 6.07) is 0. The van der Waals surface area contributed by atoms with Crippen molar-refractivity contribution in [1.29, 1.82) is 0 Å². The lowest BCUT2D eigenvalue weighted by Crippen LogP contribution is -2.46. The van der Waals surface area contributed by atoms with E-state index < -0.39 is 114 Å². The van der Waals surface area contributed by atoms with Crippen molar-refractivity contribution in [2.24, 2.45) is 5.41 Å². The number of ether oxygens (including phenoxy) is 1. The topological polar surface area (TPSA) is 415 Å². The van der Waals surface area contributed by atoms with Crippen LogP contribution in [0, 0.1) is 5.41 Å². The average molecular weight is 964 g/mol. The molecule has 10 N–H and O–H groups in total. The van der Waals surface area contributed by atoms with Crippen LogP contribution in [0.15, 0.2) is 12.7 Å². The predicted octanol–water partition coefficient (Wildman–Crippen LogP) is -0.658. The van der Waals surface area contributed by atoms with E-state index in [1.165, 1.54) is 13.8 Å². The summed E-state index contributed by atoms with van der Waals surface area (Å²) < 4.78 is 62.1. The fourth-order valence-electron chi connectivity index (χ4n) is 5.44. The highest BCUT2D eigenvalue weighted by Crippen LogP contribution is 2.61. The van der Waals surface area contributed by atoms with Gasteiger partial charge in [-0.05, 0) is 6.42 Å². The SMILES string of the molecule is CCCC(=O)CC(=O)CC(=O)CC(=O)SCCNC(=O)CCNC(=O)C(O)C(C)(C)COP(=O)(O)OP(=O)(O)OCC1OC(n2cnc3c(N)ncnc32)C(O)C1OP(=O)(O)O. The number of phosphoric acid groups is 3. The van der Waals surface area contributed by atoms with Crippen LogP contribution in [0.5, 0.6) is 0 Å². The molecule has 2 aromatic heterocycles. The molecule has 3 heterocycles. The molecule has 0 saturated carbocycles. The number of nitrogens with zero attached hydrogens (tertiary/aromatic N) is 4. The Morgan fingerprint density at radius 3 is 2.24 bits per heavy atom. The quantitative estimate of drug-likeness (QED) is 0.0305. The van der Waals surface area contributed by atoms with Crippen LogP contribution < -0.4 is 16.4 Å². The molecule has 31 heteroatoms. The number of hydrogen-bond acceptors (Lipinski definition) is 21. The van der Waals surface area contributed by atoms with Gasteiger partial charge in [-0.15, -0.1) is 0 Å². The van der Waals surface area contributed by atoms with E-state index in [1.54, 1.807) is 6.92 Å². The number of carbonyl (C=O) groups excluding carboxylic acids is 6. The van der Waals surface area contributed by atoms with Gasteiger partial charge >= 0.3 is 23.5 Å². The van der Waals surface area contributed by atoms with Gasteiger partial charge in [0.05, 0.1) is 38.8 Å². The number of rotatable bonds is 27. The van der Waals surface area contributed by atoms with E-state index >= 15 is 0 Å². The highest BCUT2D eigenvalue weighted by Gasteiger charge is 2.50. The van der Waals surface area contributed by atoms with Crippen molar-refractivity contribution in [2.45, 2.75) is 89.9 Å². The van der Waals surface area contributed by atoms with Crippen molar-refractivity contribution in [3.63, 3.8) is 0 Å². The van der Waals surface area contributed by atoms with Gasteiger partial charge in [0.2, 0.25) is 11.8 Å². The molecule has 0 aliphatic carbocycles. The second-order valence-corrected chi connectivity index (χ2v) is 19.6. The normalized spacial score (nSPS) is 20.5.